The lowest BCUT2D eigenvalue weighted by Gasteiger charge is -2.31. The highest BCUT2D eigenvalue weighted by atomic mass is 16.1. The molecular formula is C14H24N2O. The predicted octanol–water partition coefficient (Wildman–Crippen LogP) is 1.85. The number of hydrogen-bond donors (Lipinski definition) is 2. The fraction of sp³-hybridized carbons (Fsp3) is 0.786. The molecule has 0 saturated carbocycles. The second kappa shape index (κ2) is 5.21. The number of nitrogens with one attached hydrogen (secondary N) is 2. The van der Waals surface area contributed by atoms with Crippen LogP contribution in [0.15, 0.2) is 11.8 Å². The van der Waals surface area contributed by atoms with Crippen molar-refractivity contribution in [2.45, 2.75) is 39.5 Å². The van der Waals surface area contributed by atoms with Gasteiger partial charge in [-0.25, -0.2) is 0 Å². The fourth-order valence-corrected chi connectivity index (χ4v) is 2.82. The molecule has 0 radical (unpaired) electrons. The van der Waals surface area contributed by atoms with E-state index in [0.717, 1.165) is 37.7 Å². The van der Waals surface area contributed by atoms with E-state index in [1.165, 1.54) is 12.8 Å². The van der Waals surface area contributed by atoms with Crippen LogP contribution in [0.1, 0.15) is 39.5 Å². The van der Waals surface area contributed by atoms with Crippen LogP contribution in [0.3, 0.4) is 0 Å². The molecule has 1 heterocycles. The van der Waals surface area contributed by atoms with E-state index in [1.807, 2.05) is 6.08 Å². The highest BCUT2D eigenvalue weighted by Gasteiger charge is 2.27. The second-order valence-electron chi connectivity index (χ2n) is 6.23. The van der Waals surface area contributed by atoms with Gasteiger partial charge in [0.25, 0.3) is 0 Å². The highest BCUT2D eigenvalue weighted by Crippen LogP contribution is 2.32. The number of rotatable bonds is 3. The van der Waals surface area contributed by atoms with Gasteiger partial charge in [0, 0.05) is 24.7 Å². The number of ketones is 1. The normalized spacial score (nSPS) is 25.5. The predicted molar refractivity (Wildman–Crippen MR) is 69.7 cm³/mol. The summed E-state index contributed by atoms with van der Waals surface area (Å²) in [6.45, 7) is 7.64. The summed E-state index contributed by atoms with van der Waals surface area (Å²) in [5, 5.41) is 6.87. The van der Waals surface area contributed by atoms with Crippen LogP contribution in [-0.4, -0.2) is 25.4 Å². The Hall–Kier alpha value is -0.830. The van der Waals surface area contributed by atoms with Gasteiger partial charge in [0.1, 0.15) is 0 Å². The Morgan fingerprint density at radius 2 is 2.06 bits per heavy atom. The molecule has 17 heavy (non-hydrogen) atoms. The molecular weight excluding hydrogens is 212 g/mol. The Balaban J connectivity index is 1.84. The first-order chi connectivity index (χ1) is 8.05. The molecule has 0 spiro atoms. The van der Waals surface area contributed by atoms with Crippen molar-refractivity contribution in [1.29, 1.82) is 0 Å². The summed E-state index contributed by atoms with van der Waals surface area (Å²) in [4.78, 5) is 11.6. The van der Waals surface area contributed by atoms with Gasteiger partial charge in [-0.1, -0.05) is 13.8 Å². The van der Waals surface area contributed by atoms with Gasteiger partial charge in [-0.15, -0.1) is 0 Å². The van der Waals surface area contributed by atoms with Crippen molar-refractivity contribution in [3.8, 4) is 0 Å². The molecule has 1 aliphatic carbocycles. The number of hydrogen-bond acceptors (Lipinski definition) is 3. The van der Waals surface area contributed by atoms with E-state index in [9.17, 15) is 4.79 Å². The van der Waals surface area contributed by atoms with E-state index in [1.54, 1.807) is 0 Å². The molecule has 2 N–H and O–H groups in total. The van der Waals surface area contributed by atoms with Crippen molar-refractivity contribution in [2.24, 2.45) is 11.3 Å². The molecule has 2 aliphatic rings. The van der Waals surface area contributed by atoms with Crippen molar-refractivity contribution in [3.05, 3.63) is 11.8 Å². The molecule has 0 aromatic heterocycles. The zero-order valence-electron chi connectivity index (χ0n) is 11.0. The summed E-state index contributed by atoms with van der Waals surface area (Å²) in [6.07, 6.45) is 6.00. The standard InChI is InChI=1S/C14H24N2O/c1-14(2)8-12(7-13(17)9-14)16-10-11-3-5-15-6-4-11/h7,11,15-16H,3-6,8-10H2,1-2H3. The van der Waals surface area contributed by atoms with Crippen LogP contribution < -0.4 is 10.6 Å². The van der Waals surface area contributed by atoms with Crippen LogP contribution >= 0.6 is 0 Å². The number of allylic oxidation sites excluding steroid dienone is 2. The second-order valence-corrected chi connectivity index (χ2v) is 6.23. The van der Waals surface area contributed by atoms with Gasteiger partial charge in [0.15, 0.2) is 5.78 Å². The van der Waals surface area contributed by atoms with E-state index in [4.69, 9.17) is 0 Å². The molecule has 0 unspecified atom stereocenters. The lowest BCUT2D eigenvalue weighted by molar-refractivity contribution is -0.117. The summed E-state index contributed by atoms with van der Waals surface area (Å²) >= 11 is 0. The minimum Gasteiger partial charge on any atom is -0.388 e. The maximum atomic E-state index is 11.6. The third kappa shape index (κ3) is 3.84. The summed E-state index contributed by atoms with van der Waals surface area (Å²) in [6, 6.07) is 0. The Labute approximate surface area is 104 Å². The zero-order valence-corrected chi connectivity index (χ0v) is 11.0. The van der Waals surface area contributed by atoms with Crippen LogP contribution in [-0.2, 0) is 4.79 Å². The Bertz CT molecular complexity index is 314. The third-order valence-electron chi connectivity index (χ3n) is 3.73. The number of carbonyl (C=O) groups is 1. The SMILES string of the molecule is CC1(C)CC(=O)C=C(NCC2CCNCC2)C1. The number of carbonyl (C=O) groups excluding carboxylic acids is 1. The van der Waals surface area contributed by atoms with Crippen LogP contribution in [0.2, 0.25) is 0 Å². The van der Waals surface area contributed by atoms with Crippen LogP contribution in [0.4, 0.5) is 0 Å². The Kier molecular flexibility index (Phi) is 3.87. The van der Waals surface area contributed by atoms with E-state index >= 15 is 0 Å². The first-order valence-electron chi connectivity index (χ1n) is 6.73. The maximum absolute atomic E-state index is 11.6. The molecule has 0 atom stereocenters. The average Bonchev–Trinajstić information content (AvgIpc) is 2.25. The highest BCUT2D eigenvalue weighted by molar-refractivity contribution is 5.91. The molecule has 3 heteroatoms. The topological polar surface area (TPSA) is 41.1 Å². The summed E-state index contributed by atoms with van der Waals surface area (Å²) in [5.74, 6) is 1.03. The maximum Gasteiger partial charge on any atom is 0.157 e. The molecule has 1 saturated heterocycles. The summed E-state index contributed by atoms with van der Waals surface area (Å²) in [5.41, 5.74) is 1.27. The van der Waals surface area contributed by atoms with Crippen molar-refractivity contribution < 1.29 is 4.79 Å². The largest absolute Gasteiger partial charge is 0.388 e. The fourth-order valence-electron chi connectivity index (χ4n) is 2.82. The molecule has 0 aromatic rings. The van der Waals surface area contributed by atoms with E-state index in [2.05, 4.69) is 24.5 Å². The zero-order chi connectivity index (χ0) is 12.3. The van der Waals surface area contributed by atoms with E-state index in [0.29, 0.717) is 6.42 Å². The Morgan fingerprint density at radius 3 is 2.71 bits per heavy atom. The van der Waals surface area contributed by atoms with Crippen LogP contribution in [0.25, 0.3) is 0 Å². The molecule has 0 aromatic carbocycles. The molecule has 96 valence electrons. The first-order valence-corrected chi connectivity index (χ1v) is 6.73. The quantitative estimate of drug-likeness (QED) is 0.785. The van der Waals surface area contributed by atoms with Crippen molar-refractivity contribution in [1.82, 2.24) is 10.6 Å². The van der Waals surface area contributed by atoms with Crippen molar-refractivity contribution in [3.63, 3.8) is 0 Å². The van der Waals surface area contributed by atoms with Gasteiger partial charge in [0.2, 0.25) is 0 Å². The molecule has 0 amide bonds. The van der Waals surface area contributed by atoms with Gasteiger partial charge >= 0.3 is 0 Å². The van der Waals surface area contributed by atoms with Gasteiger partial charge < -0.3 is 10.6 Å². The average molecular weight is 236 g/mol. The van der Waals surface area contributed by atoms with Crippen LogP contribution in [0.5, 0.6) is 0 Å². The molecule has 1 fully saturated rings. The summed E-state index contributed by atoms with van der Waals surface area (Å²) in [7, 11) is 0. The van der Waals surface area contributed by atoms with Crippen LogP contribution in [0, 0.1) is 11.3 Å². The van der Waals surface area contributed by atoms with E-state index < -0.39 is 0 Å². The van der Waals surface area contributed by atoms with Gasteiger partial charge in [0.05, 0.1) is 0 Å². The van der Waals surface area contributed by atoms with Crippen molar-refractivity contribution in [2.75, 3.05) is 19.6 Å². The molecule has 1 aliphatic heterocycles. The smallest absolute Gasteiger partial charge is 0.157 e. The van der Waals surface area contributed by atoms with Gasteiger partial charge in [-0.05, 0) is 43.7 Å². The lowest BCUT2D eigenvalue weighted by atomic mass is 9.79. The molecule has 0 bridgehead atoms. The first kappa shape index (κ1) is 12.6. The minimum absolute atomic E-state index is 0.127. The van der Waals surface area contributed by atoms with Gasteiger partial charge in [-0.3, -0.25) is 4.79 Å². The molecule has 2 rings (SSSR count). The Morgan fingerprint density at radius 1 is 1.35 bits per heavy atom. The summed E-state index contributed by atoms with van der Waals surface area (Å²) < 4.78 is 0. The van der Waals surface area contributed by atoms with Crippen molar-refractivity contribution >= 4 is 5.78 Å². The third-order valence-corrected chi connectivity index (χ3v) is 3.73. The monoisotopic (exact) mass is 236 g/mol. The van der Waals surface area contributed by atoms with Gasteiger partial charge in [-0.2, -0.15) is 0 Å². The minimum atomic E-state index is 0.127. The number of piperidine rings is 1. The lowest BCUT2D eigenvalue weighted by Crippen LogP contribution is -2.35. The molecule has 3 nitrogen and oxygen atoms in total. The van der Waals surface area contributed by atoms with E-state index in [-0.39, 0.29) is 11.2 Å².